The van der Waals surface area contributed by atoms with Crippen LogP contribution < -0.4 is 5.32 Å². The van der Waals surface area contributed by atoms with Crippen LogP contribution in [-0.4, -0.2) is 37.8 Å². The van der Waals surface area contributed by atoms with Crippen LogP contribution in [0.15, 0.2) is 36.4 Å². The molecule has 0 spiro atoms. The van der Waals surface area contributed by atoms with Crippen LogP contribution in [0.2, 0.25) is 0 Å². The average Bonchev–Trinajstić information content (AvgIpc) is 3.04. The summed E-state index contributed by atoms with van der Waals surface area (Å²) in [6.45, 7) is 8.52. The number of fused-ring (bicyclic) bond motifs is 1. The highest BCUT2D eigenvalue weighted by Crippen LogP contribution is 2.18. The van der Waals surface area contributed by atoms with Crippen molar-refractivity contribution in [2.75, 3.05) is 18.4 Å². The zero-order valence-corrected chi connectivity index (χ0v) is 15.5. The molecule has 0 bridgehead atoms. The summed E-state index contributed by atoms with van der Waals surface area (Å²) in [6.07, 6.45) is 2.65. The van der Waals surface area contributed by atoms with Gasteiger partial charge in [-0.05, 0) is 62.0 Å². The predicted octanol–water partition coefficient (Wildman–Crippen LogP) is 3.28. The number of piperidine rings is 1. The molecule has 0 unspecified atom stereocenters. The van der Waals surface area contributed by atoms with Crippen molar-refractivity contribution in [3.63, 3.8) is 0 Å². The van der Waals surface area contributed by atoms with E-state index in [4.69, 9.17) is 0 Å². The number of rotatable bonds is 5. The number of hydrogen-bond donors (Lipinski definition) is 1. The molecule has 1 fully saturated rings. The quantitative estimate of drug-likeness (QED) is 0.765. The molecule has 0 amide bonds. The molecular weight excluding hydrogens is 324 g/mol. The lowest BCUT2D eigenvalue weighted by molar-refractivity contribution is 0.185. The molecule has 3 aromatic rings. The van der Waals surface area contributed by atoms with Crippen molar-refractivity contribution in [1.82, 2.24) is 24.7 Å². The minimum atomic E-state index is 0.751. The maximum absolute atomic E-state index is 4.52. The first-order valence-corrected chi connectivity index (χ1v) is 9.40. The van der Waals surface area contributed by atoms with Crippen molar-refractivity contribution in [2.24, 2.45) is 5.92 Å². The molecule has 0 atom stereocenters. The van der Waals surface area contributed by atoms with Gasteiger partial charge in [0, 0.05) is 13.1 Å². The number of nitrogens with zero attached hydrogens (tertiary/aromatic N) is 5. The van der Waals surface area contributed by atoms with Gasteiger partial charge in [-0.25, -0.2) is 0 Å². The zero-order valence-electron chi connectivity index (χ0n) is 15.5. The van der Waals surface area contributed by atoms with Crippen LogP contribution in [0.25, 0.3) is 5.65 Å². The lowest BCUT2D eigenvalue weighted by Crippen LogP contribution is -2.32. The highest BCUT2D eigenvalue weighted by molar-refractivity contribution is 5.44. The van der Waals surface area contributed by atoms with E-state index in [1.165, 1.54) is 37.1 Å². The van der Waals surface area contributed by atoms with E-state index in [2.05, 4.69) is 56.7 Å². The minimum absolute atomic E-state index is 0.751. The summed E-state index contributed by atoms with van der Waals surface area (Å²) in [7, 11) is 0. The van der Waals surface area contributed by atoms with Gasteiger partial charge >= 0.3 is 0 Å². The Labute approximate surface area is 154 Å². The van der Waals surface area contributed by atoms with Crippen molar-refractivity contribution < 1.29 is 0 Å². The maximum atomic E-state index is 4.52. The third kappa shape index (κ3) is 3.85. The van der Waals surface area contributed by atoms with Crippen LogP contribution in [0, 0.1) is 12.8 Å². The molecule has 0 radical (unpaired) electrons. The largest absolute Gasteiger partial charge is 0.365 e. The van der Waals surface area contributed by atoms with E-state index in [0.29, 0.717) is 0 Å². The van der Waals surface area contributed by atoms with Crippen LogP contribution in [0.3, 0.4) is 0 Å². The van der Waals surface area contributed by atoms with Gasteiger partial charge in [0.15, 0.2) is 11.5 Å². The number of aromatic nitrogens is 4. The molecule has 4 rings (SSSR count). The van der Waals surface area contributed by atoms with Gasteiger partial charge in [0.25, 0.3) is 0 Å². The summed E-state index contributed by atoms with van der Waals surface area (Å²) in [5.74, 6) is 2.50. The normalized spacial score (nSPS) is 16.2. The monoisotopic (exact) mass is 350 g/mol. The van der Waals surface area contributed by atoms with Crippen molar-refractivity contribution in [2.45, 2.75) is 39.8 Å². The van der Waals surface area contributed by atoms with E-state index in [1.54, 1.807) is 4.52 Å². The van der Waals surface area contributed by atoms with Crippen LogP contribution >= 0.6 is 0 Å². The molecule has 1 saturated heterocycles. The van der Waals surface area contributed by atoms with E-state index < -0.39 is 0 Å². The van der Waals surface area contributed by atoms with Crippen molar-refractivity contribution in [3.8, 4) is 0 Å². The number of anilines is 1. The summed E-state index contributed by atoms with van der Waals surface area (Å²) in [5, 5.41) is 16.0. The molecule has 6 nitrogen and oxygen atoms in total. The van der Waals surface area contributed by atoms with Crippen LogP contribution in [0.4, 0.5) is 5.82 Å². The second kappa shape index (κ2) is 7.41. The first kappa shape index (κ1) is 17.0. The lowest BCUT2D eigenvalue weighted by atomic mass is 9.99. The van der Waals surface area contributed by atoms with Crippen LogP contribution in [0.1, 0.15) is 36.7 Å². The Morgan fingerprint density at radius 2 is 1.73 bits per heavy atom. The molecule has 2 aromatic heterocycles. The van der Waals surface area contributed by atoms with Gasteiger partial charge in [0.05, 0.1) is 0 Å². The molecule has 0 saturated carbocycles. The smallest absolute Gasteiger partial charge is 0.178 e. The summed E-state index contributed by atoms with van der Waals surface area (Å²) >= 11 is 0. The van der Waals surface area contributed by atoms with Gasteiger partial charge in [-0.1, -0.05) is 31.2 Å². The van der Waals surface area contributed by atoms with Crippen molar-refractivity contribution in [1.29, 1.82) is 0 Å². The number of aryl methyl sites for hydroxylation is 1. The van der Waals surface area contributed by atoms with E-state index in [9.17, 15) is 0 Å². The fourth-order valence-electron chi connectivity index (χ4n) is 3.42. The second-order valence-corrected chi connectivity index (χ2v) is 7.36. The molecule has 1 aliphatic heterocycles. The number of benzene rings is 1. The Hall–Kier alpha value is -2.47. The summed E-state index contributed by atoms with van der Waals surface area (Å²) in [5.41, 5.74) is 3.41. The number of likely N-dealkylation sites (tertiary alicyclic amines) is 1. The van der Waals surface area contributed by atoms with Gasteiger partial charge in [-0.3, -0.25) is 4.90 Å². The first-order valence-electron chi connectivity index (χ1n) is 9.40. The van der Waals surface area contributed by atoms with E-state index in [1.807, 2.05) is 19.1 Å². The molecule has 1 aliphatic rings. The highest BCUT2D eigenvalue weighted by Gasteiger charge is 2.15. The Balaban J connectivity index is 1.34. The molecule has 0 aliphatic carbocycles. The standard InChI is InChI=1S/C20H26N6/c1-15-9-11-25(12-10-15)14-18-5-3-17(4-6-18)13-21-19-7-8-20-23-22-16(2)26(20)24-19/h3-8,15H,9-14H2,1-2H3,(H,21,24). The van der Waals surface area contributed by atoms with E-state index in [0.717, 1.165) is 36.3 Å². The van der Waals surface area contributed by atoms with Gasteiger partial charge in [0.1, 0.15) is 5.82 Å². The fourth-order valence-corrected chi connectivity index (χ4v) is 3.42. The molecule has 1 N–H and O–H groups in total. The Bertz CT molecular complexity index is 862. The average molecular weight is 350 g/mol. The molecular formula is C20H26N6. The van der Waals surface area contributed by atoms with Gasteiger partial charge < -0.3 is 5.32 Å². The molecule has 3 heterocycles. The molecule has 26 heavy (non-hydrogen) atoms. The minimum Gasteiger partial charge on any atom is -0.365 e. The van der Waals surface area contributed by atoms with Gasteiger partial charge in [0.2, 0.25) is 0 Å². The zero-order chi connectivity index (χ0) is 17.9. The lowest BCUT2D eigenvalue weighted by Gasteiger charge is -2.30. The highest BCUT2D eigenvalue weighted by atomic mass is 15.4. The Morgan fingerprint density at radius 3 is 2.50 bits per heavy atom. The Morgan fingerprint density at radius 1 is 1.00 bits per heavy atom. The van der Waals surface area contributed by atoms with Crippen molar-refractivity contribution in [3.05, 3.63) is 53.3 Å². The Kier molecular flexibility index (Phi) is 4.84. The fraction of sp³-hybridized carbons (Fsp3) is 0.450. The maximum Gasteiger partial charge on any atom is 0.178 e. The third-order valence-electron chi connectivity index (χ3n) is 5.20. The molecule has 136 valence electrons. The molecule has 6 heteroatoms. The van der Waals surface area contributed by atoms with Gasteiger partial charge in [-0.2, -0.15) is 4.52 Å². The van der Waals surface area contributed by atoms with Crippen LogP contribution in [-0.2, 0) is 13.1 Å². The first-order chi connectivity index (χ1) is 12.7. The van der Waals surface area contributed by atoms with Gasteiger partial charge in [-0.15, -0.1) is 15.3 Å². The SMILES string of the molecule is Cc1nnc2ccc(NCc3ccc(CN4CCC(C)CC4)cc3)nn12. The summed E-state index contributed by atoms with van der Waals surface area (Å²) in [4.78, 5) is 2.56. The summed E-state index contributed by atoms with van der Waals surface area (Å²) in [6, 6.07) is 12.8. The van der Waals surface area contributed by atoms with E-state index >= 15 is 0 Å². The third-order valence-corrected chi connectivity index (χ3v) is 5.20. The van der Waals surface area contributed by atoms with Crippen LogP contribution in [0.5, 0.6) is 0 Å². The predicted molar refractivity (Wildman–Crippen MR) is 103 cm³/mol. The second-order valence-electron chi connectivity index (χ2n) is 7.36. The molecule has 1 aromatic carbocycles. The number of hydrogen-bond acceptors (Lipinski definition) is 5. The topological polar surface area (TPSA) is 58.4 Å². The van der Waals surface area contributed by atoms with Crippen molar-refractivity contribution >= 4 is 11.5 Å². The van der Waals surface area contributed by atoms with E-state index in [-0.39, 0.29) is 0 Å². The summed E-state index contributed by atoms with van der Waals surface area (Å²) < 4.78 is 1.75. The number of nitrogens with one attached hydrogen (secondary N) is 1.